The summed E-state index contributed by atoms with van der Waals surface area (Å²) in [6.45, 7) is 5.81. The number of carbonyl (C=O) groups excluding carboxylic acids is 2. The summed E-state index contributed by atoms with van der Waals surface area (Å²) in [6.07, 6.45) is 6.47. The van der Waals surface area contributed by atoms with Crippen LogP contribution in [0.5, 0.6) is 0 Å². The zero-order valence-corrected chi connectivity index (χ0v) is 18.1. The first kappa shape index (κ1) is 20.6. The van der Waals surface area contributed by atoms with E-state index in [2.05, 4.69) is 0 Å². The quantitative estimate of drug-likeness (QED) is 0.663. The molecule has 0 amide bonds. The fraction of sp³-hybridized carbons (Fsp3) is 0.727. The number of rotatable bonds is 2. The Balaban J connectivity index is 1.84. The maximum atomic E-state index is 12.7. The summed E-state index contributed by atoms with van der Waals surface area (Å²) >= 11 is 13.2. The van der Waals surface area contributed by atoms with Gasteiger partial charge < -0.3 is 10.2 Å². The number of hydrogen-bond acceptors (Lipinski definition) is 4. The van der Waals surface area contributed by atoms with E-state index in [-0.39, 0.29) is 41.6 Å². The summed E-state index contributed by atoms with van der Waals surface area (Å²) in [5.74, 6) is -1.00. The second-order valence-electron chi connectivity index (χ2n) is 9.72. The molecule has 0 aromatic heterocycles. The molecule has 4 rings (SSSR count). The van der Waals surface area contributed by atoms with E-state index in [1.54, 1.807) is 12.2 Å². The zero-order chi connectivity index (χ0) is 20.7. The van der Waals surface area contributed by atoms with Gasteiger partial charge in [-0.15, -0.1) is 23.2 Å². The molecule has 3 saturated carbocycles. The van der Waals surface area contributed by atoms with Crippen LogP contribution < -0.4 is 0 Å². The second kappa shape index (κ2) is 6.16. The minimum absolute atomic E-state index is 0.00929. The van der Waals surface area contributed by atoms with Crippen LogP contribution in [0.2, 0.25) is 0 Å². The number of alkyl halides is 2. The number of aliphatic hydroxyl groups excluding tert-OH is 1. The van der Waals surface area contributed by atoms with Crippen molar-refractivity contribution in [1.82, 2.24) is 0 Å². The van der Waals surface area contributed by atoms with Gasteiger partial charge in [0.2, 0.25) is 0 Å². The Hall–Kier alpha value is -0.680. The van der Waals surface area contributed by atoms with Crippen LogP contribution in [-0.4, -0.2) is 44.2 Å². The number of hydrogen-bond donors (Lipinski definition) is 2. The Morgan fingerprint density at radius 1 is 1.32 bits per heavy atom. The predicted octanol–water partition coefficient (Wildman–Crippen LogP) is 3.41. The predicted molar refractivity (Wildman–Crippen MR) is 108 cm³/mol. The fourth-order valence-electron chi connectivity index (χ4n) is 7.24. The first-order valence-electron chi connectivity index (χ1n) is 10.1. The molecule has 0 heterocycles. The summed E-state index contributed by atoms with van der Waals surface area (Å²) in [5.41, 5.74) is -2.01. The van der Waals surface area contributed by atoms with Crippen molar-refractivity contribution in [3.8, 4) is 0 Å². The van der Waals surface area contributed by atoms with Crippen molar-refractivity contribution in [1.29, 1.82) is 0 Å². The highest BCUT2D eigenvalue weighted by Gasteiger charge is 2.74. The van der Waals surface area contributed by atoms with E-state index in [9.17, 15) is 19.8 Å². The molecule has 8 atom stereocenters. The standard InChI is InChI=1S/C22H28Cl2O4/c1-12-8-16-15-5-4-13-9-14(25)6-7-19(13,2)21(15,24)17(26)10-20(16,3)22(12,28)18(27)11-23/h6-7,9,12,15-17,26,28H,4-5,8,10-11H2,1-3H3/t12-,15+,16+,17+,19+,20+,21?,22+/m1/s1. The van der Waals surface area contributed by atoms with Crippen LogP contribution in [0.15, 0.2) is 23.8 Å². The molecule has 6 heteroatoms. The van der Waals surface area contributed by atoms with Crippen LogP contribution in [0.4, 0.5) is 0 Å². The molecular weight excluding hydrogens is 399 g/mol. The second-order valence-corrected chi connectivity index (χ2v) is 10.6. The van der Waals surface area contributed by atoms with Gasteiger partial charge in [-0.05, 0) is 55.6 Å². The van der Waals surface area contributed by atoms with Gasteiger partial charge in [0.15, 0.2) is 11.6 Å². The molecular formula is C22H28Cl2O4. The summed E-state index contributed by atoms with van der Waals surface area (Å²) < 4.78 is 0. The fourth-order valence-corrected chi connectivity index (χ4v) is 7.97. The van der Waals surface area contributed by atoms with Crippen molar-refractivity contribution in [3.05, 3.63) is 23.8 Å². The monoisotopic (exact) mass is 426 g/mol. The van der Waals surface area contributed by atoms with E-state index < -0.39 is 27.4 Å². The first-order chi connectivity index (χ1) is 13.0. The highest BCUT2D eigenvalue weighted by atomic mass is 35.5. The molecule has 0 aromatic rings. The number of Topliss-reactive ketones (excluding diaryl/α,β-unsaturated/α-hetero) is 1. The van der Waals surface area contributed by atoms with E-state index in [4.69, 9.17) is 23.2 Å². The van der Waals surface area contributed by atoms with Crippen molar-refractivity contribution in [2.75, 3.05) is 5.88 Å². The largest absolute Gasteiger partial charge is 0.391 e. The topological polar surface area (TPSA) is 74.6 Å². The molecule has 0 spiro atoms. The molecule has 0 aromatic carbocycles. The van der Waals surface area contributed by atoms with Gasteiger partial charge >= 0.3 is 0 Å². The van der Waals surface area contributed by atoms with E-state index in [1.807, 2.05) is 26.8 Å². The van der Waals surface area contributed by atoms with Crippen LogP contribution in [0.3, 0.4) is 0 Å². The lowest BCUT2D eigenvalue weighted by molar-refractivity contribution is -0.175. The van der Waals surface area contributed by atoms with E-state index in [0.29, 0.717) is 6.42 Å². The number of carbonyl (C=O) groups is 2. The molecule has 28 heavy (non-hydrogen) atoms. The molecule has 4 aliphatic rings. The van der Waals surface area contributed by atoms with Crippen molar-refractivity contribution >= 4 is 34.8 Å². The van der Waals surface area contributed by atoms with E-state index >= 15 is 0 Å². The summed E-state index contributed by atoms with van der Waals surface area (Å²) in [7, 11) is 0. The minimum atomic E-state index is -1.56. The molecule has 0 bridgehead atoms. The third kappa shape index (κ3) is 2.16. The van der Waals surface area contributed by atoms with Gasteiger partial charge in [0, 0.05) is 10.8 Å². The Morgan fingerprint density at radius 2 is 2.00 bits per heavy atom. The molecule has 0 saturated heterocycles. The summed E-state index contributed by atoms with van der Waals surface area (Å²) in [5, 5.41) is 22.9. The van der Waals surface area contributed by atoms with Crippen LogP contribution >= 0.6 is 23.2 Å². The number of ketones is 2. The van der Waals surface area contributed by atoms with Gasteiger partial charge in [-0.1, -0.05) is 32.4 Å². The molecule has 154 valence electrons. The van der Waals surface area contributed by atoms with Gasteiger partial charge in [-0.2, -0.15) is 0 Å². The number of allylic oxidation sites excluding steroid dienone is 4. The lowest BCUT2D eigenvalue weighted by Gasteiger charge is -2.63. The van der Waals surface area contributed by atoms with Crippen molar-refractivity contribution in [2.24, 2.45) is 28.6 Å². The SMILES string of the molecule is C[C@@H]1C[C@H]2[C@@H]3CCC4=CC(=O)C=C[C@]4(C)C3(Cl)[C@@H](O)C[C@]2(C)[C@@]1(O)C(=O)CCl. The van der Waals surface area contributed by atoms with Crippen molar-refractivity contribution in [2.45, 2.75) is 63.0 Å². The van der Waals surface area contributed by atoms with Gasteiger partial charge in [0.25, 0.3) is 0 Å². The van der Waals surface area contributed by atoms with E-state index in [0.717, 1.165) is 18.4 Å². The third-order valence-electron chi connectivity index (χ3n) is 8.77. The van der Waals surface area contributed by atoms with Crippen LogP contribution in [0, 0.1) is 28.6 Å². The van der Waals surface area contributed by atoms with Crippen LogP contribution in [0.1, 0.15) is 46.5 Å². The lowest BCUT2D eigenvalue weighted by Crippen LogP contribution is -2.68. The Labute approximate surface area is 176 Å². The zero-order valence-electron chi connectivity index (χ0n) is 16.5. The Kier molecular flexibility index (Phi) is 4.53. The maximum Gasteiger partial charge on any atom is 0.179 e. The summed E-state index contributed by atoms with van der Waals surface area (Å²) in [6, 6.07) is 0. The number of fused-ring (bicyclic) bond motifs is 5. The average molecular weight is 427 g/mol. The van der Waals surface area contributed by atoms with Gasteiger partial charge in [0.1, 0.15) is 5.60 Å². The van der Waals surface area contributed by atoms with Crippen molar-refractivity contribution < 1.29 is 19.8 Å². The van der Waals surface area contributed by atoms with Gasteiger partial charge in [-0.25, -0.2) is 0 Å². The summed E-state index contributed by atoms with van der Waals surface area (Å²) in [4.78, 5) is 23.7. The Bertz CT molecular complexity index is 806. The average Bonchev–Trinajstić information content (AvgIpc) is 2.84. The first-order valence-corrected chi connectivity index (χ1v) is 11.0. The Morgan fingerprint density at radius 3 is 2.64 bits per heavy atom. The van der Waals surface area contributed by atoms with E-state index in [1.165, 1.54) is 0 Å². The third-order valence-corrected chi connectivity index (χ3v) is 9.94. The van der Waals surface area contributed by atoms with Crippen LogP contribution in [0.25, 0.3) is 0 Å². The number of halogens is 2. The van der Waals surface area contributed by atoms with Crippen molar-refractivity contribution in [3.63, 3.8) is 0 Å². The van der Waals surface area contributed by atoms with Gasteiger partial charge in [-0.3, -0.25) is 9.59 Å². The highest BCUT2D eigenvalue weighted by Crippen LogP contribution is 2.71. The molecule has 4 aliphatic carbocycles. The van der Waals surface area contributed by atoms with Gasteiger partial charge in [0.05, 0.1) is 16.9 Å². The molecule has 0 radical (unpaired) electrons. The molecule has 3 fully saturated rings. The number of aliphatic hydroxyl groups is 2. The molecule has 2 N–H and O–H groups in total. The minimum Gasteiger partial charge on any atom is -0.391 e. The molecule has 0 aliphatic heterocycles. The van der Waals surface area contributed by atoms with Crippen LogP contribution in [-0.2, 0) is 9.59 Å². The lowest BCUT2D eigenvalue weighted by atomic mass is 9.45. The maximum absolute atomic E-state index is 12.7. The normalized spacial score (nSPS) is 52.5. The molecule has 4 nitrogen and oxygen atoms in total. The molecule has 1 unspecified atom stereocenters. The highest BCUT2D eigenvalue weighted by molar-refractivity contribution is 6.29. The smallest absolute Gasteiger partial charge is 0.179 e.